The molecule has 2 aromatic rings. The molecule has 0 saturated heterocycles. The standard InChI is InChI=1S/C12H14N4O2/c1-15(10-5-3-2-4-6-10)7-8-16-9-11(12(17)18)13-14-16/h2-6,9H,7-8H2,1H3,(H,17,18). The second-order valence-corrected chi connectivity index (χ2v) is 3.93. The van der Waals surface area contributed by atoms with Crippen molar-refractivity contribution in [2.45, 2.75) is 6.54 Å². The third-order valence-electron chi connectivity index (χ3n) is 2.62. The molecular weight excluding hydrogens is 232 g/mol. The molecule has 1 aromatic heterocycles. The number of nitrogens with zero attached hydrogens (tertiary/aromatic N) is 4. The van der Waals surface area contributed by atoms with Crippen LogP contribution in [-0.4, -0.2) is 39.7 Å². The van der Waals surface area contributed by atoms with Crippen molar-refractivity contribution in [1.82, 2.24) is 15.0 Å². The van der Waals surface area contributed by atoms with Gasteiger partial charge in [-0.25, -0.2) is 9.48 Å². The van der Waals surface area contributed by atoms with Gasteiger partial charge in [0.2, 0.25) is 0 Å². The molecule has 0 unspecified atom stereocenters. The van der Waals surface area contributed by atoms with Crippen molar-refractivity contribution in [2.75, 3.05) is 18.5 Å². The van der Waals surface area contributed by atoms with Crippen molar-refractivity contribution in [3.8, 4) is 0 Å². The van der Waals surface area contributed by atoms with Crippen LogP contribution in [0.25, 0.3) is 0 Å². The summed E-state index contributed by atoms with van der Waals surface area (Å²) >= 11 is 0. The van der Waals surface area contributed by atoms with E-state index in [2.05, 4.69) is 15.2 Å². The fourth-order valence-corrected chi connectivity index (χ4v) is 1.57. The van der Waals surface area contributed by atoms with Crippen LogP contribution in [0, 0.1) is 0 Å². The second kappa shape index (κ2) is 5.31. The van der Waals surface area contributed by atoms with Crippen molar-refractivity contribution in [3.05, 3.63) is 42.2 Å². The van der Waals surface area contributed by atoms with E-state index in [0.29, 0.717) is 6.54 Å². The topological polar surface area (TPSA) is 71.2 Å². The molecule has 2 rings (SSSR count). The minimum Gasteiger partial charge on any atom is -0.476 e. The molecule has 18 heavy (non-hydrogen) atoms. The largest absolute Gasteiger partial charge is 0.476 e. The quantitative estimate of drug-likeness (QED) is 0.855. The molecule has 0 atom stereocenters. The van der Waals surface area contributed by atoms with Crippen LogP contribution < -0.4 is 4.90 Å². The normalized spacial score (nSPS) is 10.3. The Morgan fingerprint density at radius 2 is 2.11 bits per heavy atom. The molecule has 0 saturated carbocycles. The third-order valence-corrected chi connectivity index (χ3v) is 2.62. The van der Waals surface area contributed by atoms with Gasteiger partial charge in [-0.2, -0.15) is 0 Å². The number of carboxylic acid groups (broad SMARTS) is 1. The smallest absolute Gasteiger partial charge is 0.358 e. The minimum absolute atomic E-state index is 0.0302. The molecule has 0 spiro atoms. The van der Waals surface area contributed by atoms with Crippen LogP contribution in [0.2, 0.25) is 0 Å². The van der Waals surface area contributed by atoms with E-state index in [4.69, 9.17) is 5.11 Å². The van der Waals surface area contributed by atoms with Crippen LogP contribution >= 0.6 is 0 Å². The van der Waals surface area contributed by atoms with E-state index in [-0.39, 0.29) is 5.69 Å². The molecule has 0 radical (unpaired) electrons. The van der Waals surface area contributed by atoms with Crippen LogP contribution in [-0.2, 0) is 6.54 Å². The fourth-order valence-electron chi connectivity index (χ4n) is 1.57. The summed E-state index contributed by atoms with van der Waals surface area (Å²) in [5.41, 5.74) is 1.08. The molecule has 1 heterocycles. The summed E-state index contributed by atoms with van der Waals surface area (Å²) in [5, 5.41) is 16.1. The highest BCUT2D eigenvalue weighted by atomic mass is 16.4. The van der Waals surface area contributed by atoms with Gasteiger partial charge in [0.05, 0.1) is 12.7 Å². The Kier molecular flexibility index (Phi) is 3.57. The number of carbonyl (C=O) groups is 1. The van der Waals surface area contributed by atoms with Crippen LogP contribution in [0.3, 0.4) is 0 Å². The van der Waals surface area contributed by atoms with Crippen LogP contribution in [0.1, 0.15) is 10.5 Å². The van der Waals surface area contributed by atoms with Gasteiger partial charge in [-0.3, -0.25) is 0 Å². The Morgan fingerprint density at radius 3 is 2.72 bits per heavy atom. The molecule has 94 valence electrons. The van der Waals surface area contributed by atoms with Gasteiger partial charge in [0.15, 0.2) is 5.69 Å². The van der Waals surface area contributed by atoms with Gasteiger partial charge in [0, 0.05) is 19.3 Å². The highest BCUT2D eigenvalue weighted by molar-refractivity contribution is 5.84. The lowest BCUT2D eigenvalue weighted by Crippen LogP contribution is -2.22. The molecule has 6 heteroatoms. The van der Waals surface area contributed by atoms with E-state index in [1.165, 1.54) is 10.9 Å². The first-order chi connectivity index (χ1) is 8.66. The highest BCUT2D eigenvalue weighted by Crippen LogP contribution is 2.10. The lowest BCUT2D eigenvalue weighted by molar-refractivity contribution is 0.0690. The van der Waals surface area contributed by atoms with Crippen LogP contribution in [0.15, 0.2) is 36.5 Å². The number of aromatic nitrogens is 3. The highest BCUT2D eigenvalue weighted by Gasteiger charge is 2.08. The number of anilines is 1. The Bertz CT molecular complexity index is 524. The van der Waals surface area contributed by atoms with E-state index in [1.54, 1.807) is 0 Å². The van der Waals surface area contributed by atoms with Gasteiger partial charge in [0.1, 0.15) is 0 Å². The first-order valence-electron chi connectivity index (χ1n) is 5.56. The molecule has 1 aromatic carbocycles. The van der Waals surface area contributed by atoms with E-state index in [0.717, 1.165) is 12.2 Å². The van der Waals surface area contributed by atoms with E-state index in [9.17, 15) is 4.79 Å². The van der Waals surface area contributed by atoms with Gasteiger partial charge in [-0.15, -0.1) is 5.10 Å². The van der Waals surface area contributed by atoms with Gasteiger partial charge >= 0.3 is 5.97 Å². The number of carboxylic acids is 1. The predicted octanol–water partition coefficient (Wildman–Crippen LogP) is 1.11. The summed E-state index contributed by atoms with van der Waals surface area (Å²) in [6, 6.07) is 9.95. The lowest BCUT2D eigenvalue weighted by atomic mass is 10.3. The molecule has 0 aliphatic rings. The summed E-state index contributed by atoms with van der Waals surface area (Å²) in [6.07, 6.45) is 1.43. The zero-order valence-electron chi connectivity index (χ0n) is 10.0. The SMILES string of the molecule is CN(CCn1cc(C(=O)O)nn1)c1ccccc1. The molecule has 0 aliphatic carbocycles. The Balaban J connectivity index is 1.93. The third kappa shape index (κ3) is 2.85. The van der Waals surface area contributed by atoms with Crippen LogP contribution in [0.4, 0.5) is 5.69 Å². The number of rotatable bonds is 5. The van der Waals surface area contributed by atoms with E-state index >= 15 is 0 Å². The van der Waals surface area contributed by atoms with Crippen molar-refractivity contribution >= 4 is 11.7 Å². The molecule has 1 N–H and O–H groups in total. The maximum absolute atomic E-state index is 10.6. The molecule has 0 amide bonds. The van der Waals surface area contributed by atoms with Crippen LogP contribution in [0.5, 0.6) is 0 Å². The lowest BCUT2D eigenvalue weighted by Gasteiger charge is -2.18. The van der Waals surface area contributed by atoms with Gasteiger partial charge < -0.3 is 10.0 Å². The maximum atomic E-state index is 10.6. The average Bonchev–Trinajstić information content (AvgIpc) is 2.86. The van der Waals surface area contributed by atoms with E-state index < -0.39 is 5.97 Å². The van der Waals surface area contributed by atoms with Crippen molar-refractivity contribution < 1.29 is 9.90 Å². The summed E-state index contributed by atoms with van der Waals surface area (Å²) in [5.74, 6) is -1.06. The molecule has 0 fully saturated rings. The molecule has 0 bridgehead atoms. The molecular formula is C12H14N4O2. The van der Waals surface area contributed by atoms with Gasteiger partial charge in [0.25, 0.3) is 0 Å². The minimum atomic E-state index is -1.06. The number of likely N-dealkylation sites (N-methyl/N-ethyl adjacent to an activating group) is 1. The number of hydrogen-bond acceptors (Lipinski definition) is 4. The summed E-state index contributed by atoms with van der Waals surface area (Å²) < 4.78 is 1.53. The summed E-state index contributed by atoms with van der Waals surface area (Å²) in [7, 11) is 1.98. The second-order valence-electron chi connectivity index (χ2n) is 3.93. The number of benzene rings is 1. The molecule has 0 aliphatic heterocycles. The average molecular weight is 246 g/mol. The first kappa shape index (κ1) is 12.1. The van der Waals surface area contributed by atoms with Crippen molar-refractivity contribution in [3.63, 3.8) is 0 Å². The Hall–Kier alpha value is -2.37. The zero-order chi connectivity index (χ0) is 13.0. The van der Waals surface area contributed by atoms with Gasteiger partial charge in [-0.05, 0) is 12.1 Å². The van der Waals surface area contributed by atoms with Gasteiger partial charge in [-0.1, -0.05) is 23.4 Å². The monoisotopic (exact) mass is 246 g/mol. The molecule has 6 nitrogen and oxygen atoms in total. The summed E-state index contributed by atoms with van der Waals surface area (Å²) in [4.78, 5) is 12.7. The number of aromatic carboxylic acids is 1. The fraction of sp³-hybridized carbons (Fsp3) is 0.250. The number of para-hydroxylation sites is 1. The number of hydrogen-bond donors (Lipinski definition) is 1. The van der Waals surface area contributed by atoms with E-state index in [1.807, 2.05) is 37.4 Å². The zero-order valence-corrected chi connectivity index (χ0v) is 10.0. The van der Waals surface area contributed by atoms with Crippen molar-refractivity contribution in [1.29, 1.82) is 0 Å². The maximum Gasteiger partial charge on any atom is 0.358 e. The van der Waals surface area contributed by atoms with Crippen molar-refractivity contribution in [2.24, 2.45) is 0 Å². The predicted molar refractivity (Wildman–Crippen MR) is 66.7 cm³/mol. The summed E-state index contributed by atoms with van der Waals surface area (Å²) in [6.45, 7) is 1.32. The Labute approximate surface area is 104 Å². The Morgan fingerprint density at radius 1 is 1.39 bits per heavy atom. The first-order valence-corrected chi connectivity index (χ1v) is 5.56.